The number of aromatic nitrogens is 2. The Bertz CT molecular complexity index is 728. The summed E-state index contributed by atoms with van der Waals surface area (Å²) in [5.41, 5.74) is 8.55. The number of ether oxygens (including phenoxy) is 2. The summed E-state index contributed by atoms with van der Waals surface area (Å²) in [7, 11) is 3.29. The number of hydrogen-bond donors (Lipinski definition) is 3. The third kappa shape index (κ3) is 1.85. The fraction of sp³-hybridized carbons (Fsp3) is 0.286. The van der Waals surface area contributed by atoms with Crippen molar-refractivity contribution in [3.8, 4) is 11.5 Å². The van der Waals surface area contributed by atoms with Gasteiger partial charge in [0.15, 0.2) is 5.82 Å². The maximum absolute atomic E-state index is 5.50. The lowest BCUT2D eigenvalue weighted by molar-refractivity contribution is 0.304. The van der Waals surface area contributed by atoms with Crippen molar-refractivity contribution in [2.24, 2.45) is 4.99 Å². The van der Waals surface area contributed by atoms with Crippen molar-refractivity contribution in [2.75, 3.05) is 14.2 Å². The lowest BCUT2D eigenvalue weighted by Gasteiger charge is -2.28. The average molecular weight is 300 g/mol. The number of H-pyrrole nitrogens is 1. The standard InChI is InChI=1S/C14H16N6O2/c1-21-8-3-4-9(11(5-8)22-2)13-18-19-14-10-6-16-17-12(10)15-7-20(13)14/h3-7,13-14,18-19H,1-2H3,(H,16,17). The number of nitrogens with one attached hydrogen (secondary N) is 3. The summed E-state index contributed by atoms with van der Waals surface area (Å²) in [6, 6.07) is 5.77. The van der Waals surface area contributed by atoms with Gasteiger partial charge in [-0.2, -0.15) is 5.10 Å². The maximum Gasteiger partial charge on any atom is 0.156 e. The molecule has 2 aliphatic rings. The minimum atomic E-state index is -0.0994. The highest BCUT2D eigenvalue weighted by atomic mass is 16.5. The number of rotatable bonds is 3. The van der Waals surface area contributed by atoms with E-state index in [1.54, 1.807) is 26.8 Å². The number of aliphatic imine (C=N–C) groups is 1. The van der Waals surface area contributed by atoms with E-state index < -0.39 is 0 Å². The predicted molar refractivity (Wildman–Crippen MR) is 79.9 cm³/mol. The molecule has 0 amide bonds. The molecule has 2 aliphatic heterocycles. The molecule has 22 heavy (non-hydrogen) atoms. The molecule has 0 bridgehead atoms. The fourth-order valence-corrected chi connectivity index (χ4v) is 2.83. The van der Waals surface area contributed by atoms with Crippen LogP contribution in [0.4, 0.5) is 5.82 Å². The summed E-state index contributed by atoms with van der Waals surface area (Å²) >= 11 is 0. The van der Waals surface area contributed by atoms with E-state index in [9.17, 15) is 0 Å². The Balaban J connectivity index is 1.71. The molecule has 2 atom stereocenters. The van der Waals surface area contributed by atoms with Crippen molar-refractivity contribution in [3.63, 3.8) is 0 Å². The zero-order chi connectivity index (χ0) is 15.1. The summed E-state index contributed by atoms with van der Waals surface area (Å²) in [4.78, 5) is 6.48. The van der Waals surface area contributed by atoms with Gasteiger partial charge in [0.05, 0.1) is 32.3 Å². The molecule has 8 nitrogen and oxygen atoms in total. The Labute approximate surface area is 127 Å². The van der Waals surface area contributed by atoms with Crippen LogP contribution in [0, 0.1) is 0 Å². The molecular formula is C14H16N6O2. The van der Waals surface area contributed by atoms with Crippen LogP contribution in [0.3, 0.4) is 0 Å². The van der Waals surface area contributed by atoms with Gasteiger partial charge in [-0.05, 0) is 12.1 Å². The summed E-state index contributed by atoms with van der Waals surface area (Å²) in [5, 5.41) is 6.92. The van der Waals surface area contributed by atoms with Crippen LogP contribution in [0.5, 0.6) is 11.5 Å². The van der Waals surface area contributed by atoms with Crippen LogP contribution in [0.25, 0.3) is 0 Å². The zero-order valence-corrected chi connectivity index (χ0v) is 12.2. The van der Waals surface area contributed by atoms with Gasteiger partial charge in [0.1, 0.15) is 23.8 Å². The highest BCUT2D eigenvalue weighted by molar-refractivity contribution is 5.67. The first-order valence-electron chi connectivity index (χ1n) is 6.89. The van der Waals surface area contributed by atoms with Gasteiger partial charge in [0, 0.05) is 11.6 Å². The largest absolute Gasteiger partial charge is 0.497 e. The minimum Gasteiger partial charge on any atom is -0.497 e. The van der Waals surface area contributed by atoms with Crippen molar-refractivity contribution in [1.29, 1.82) is 0 Å². The third-order valence-corrected chi connectivity index (χ3v) is 3.95. The lowest BCUT2D eigenvalue weighted by Crippen LogP contribution is -2.30. The number of hydrogen-bond acceptors (Lipinski definition) is 7. The normalized spacial score (nSPS) is 22.4. The van der Waals surface area contributed by atoms with Gasteiger partial charge in [0.2, 0.25) is 0 Å². The van der Waals surface area contributed by atoms with E-state index in [0.29, 0.717) is 0 Å². The molecule has 1 aromatic carbocycles. The maximum atomic E-state index is 5.50. The van der Waals surface area contributed by atoms with E-state index in [1.165, 1.54) is 0 Å². The summed E-state index contributed by atoms with van der Waals surface area (Å²) in [5.74, 6) is 2.29. The molecule has 0 saturated carbocycles. The van der Waals surface area contributed by atoms with Crippen LogP contribution in [0.15, 0.2) is 29.4 Å². The Kier molecular flexibility index (Phi) is 2.98. The van der Waals surface area contributed by atoms with Crippen LogP contribution in [0.1, 0.15) is 23.5 Å². The Morgan fingerprint density at radius 1 is 1.09 bits per heavy atom. The number of nitrogens with zero attached hydrogens (tertiary/aromatic N) is 3. The lowest BCUT2D eigenvalue weighted by atomic mass is 10.1. The fourth-order valence-electron chi connectivity index (χ4n) is 2.83. The highest BCUT2D eigenvalue weighted by Crippen LogP contribution is 2.40. The molecule has 114 valence electrons. The molecule has 0 spiro atoms. The predicted octanol–water partition coefficient (Wildman–Crippen LogP) is 1.21. The summed E-state index contributed by atoms with van der Waals surface area (Å²) < 4.78 is 10.7. The molecule has 1 aromatic heterocycles. The van der Waals surface area contributed by atoms with Gasteiger partial charge in [0.25, 0.3) is 0 Å². The van der Waals surface area contributed by atoms with Crippen molar-refractivity contribution in [1.82, 2.24) is 25.9 Å². The molecule has 3 heterocycles. The van der Waals surface area contributed by atoms with Gasteiger partial charge in [-0.1, -0.05) is 0 Å². The van der Waals surface area contributed by atoms with Gasteiger partial charge in [-0.15, -0.1) is 0 Å². The van der Waals surface area contributed by atoms with E-state index in [2.05, 4.69) is 30.9 Å². The quantitative estimate of drug-likeness (QED) is 0.790. The zero-order valence-electron chi connectivity index (χ0n) is 12.2. The van der Waals surface area contributed by atoms with E-state index in [0.717, 1.165) is 28.4 Å². The first-order valence-corrected chi connectivity index (χ1v) is 6.89. The van der Waals surface area contributed by atoms with E-state index in [4.69, 9.17) is 9.47 Å². The van der Waals surface area contributed by atoms with Gasteiger partial charge < -0.3 is 14.4 Å². The third-order valence-electron chi connectivity index (χ3n) is 3.95. The molecular weight excluding hydrogens is 284 g/mol. The van der Waals surface area contributed by atoms with Crippen molar-refractivity contribution < 1.29 is 9.47 Å². The van der Waals surface area contributed by atoms with E-state index >= 15 is 0 Å². The molecule has 4 rings (SSSR count). The first-order chi connectivity index (χ1) is 10.8. The molecule has 1 fully saturated rings. The molecule has 3 N–H and O–H groups in total. The first kappa shape index (κ1) is 13.1. The van der Waals surface area contributed by atoms with Crippen LogP contribution < -0.4 is 20.3 Å². The number of aromatic amines is 1. The second kappa shape index (κ2) is 5.00. The summed E-state index contributed by atoms with van der Waals surface area (Å²) in [6.07, 6.45) is 3.46. The smallest absolute Gasteiger partial charge is 0.156 e. The minimum absolute atomic E-state index is 0.0249. The Morgan fingerprint density at radius 2 is 1.91 bits per heavy atom. The highest BCUT2D eigenvalue weighted by Gasteiger charge is 2.38. The molecule has 2 aromatic rings. The molecule has 8 heteroatoms. The van der Waals surface area contributed by atoms with Crippen molar-refractivity contribution in [2.45, 2.75) is 12.3 Å². The number of fused-ring (bicyclic) bond motifs is 3. The molecule has 1 saturated heterocycles. The second-order valence-corrected chi connectivity index (χ2v) is 5.07. The monoisotopic (exact) mass is 300 g/mol. The molecule has 0 radical (unpaired) electrons. The summed E-state index contributed by atoms with van der Waals surface area (Å²) in [6.45, 7) is 0. The SMILES string of the molecule is COc1ccc(C2NNC3c4cn[nH]c4N=CN23)c(OC)c1. The van der Waals surface area contributed by atoms with Gasteiger partial charge in [-0.3, -0.25) is 5.10 Å². The topological polar surface area (TPSA) is 86.8 Å². The van der Waals surface area contributed by atoms with Gasteiger partial charge >= 0.3 is 0 Å². The van der Waals surface area contributed by atoms with Crippen LogP contribution >= 0.6 is 0 Å². The van der Waals surface area contributed by atoms with Crippen LogP contribution in [-0.4, -0.2) is 35.7 Å². The second-order valence-electron chi connectivity index (χ2n) is 5.07. The van der Waals surface area contributed by atoms with Crippen LogP contribution in [-0.2, 0) is 0 Å². The van der Waals surface area contributed by atoms with Crippen LogP contribution in [0.2, 0.25) is 0 Å². The Hall–Kier alpha value is -2.58. The number of methoxy groups -OCH3 is 2. The number of hydrazine groups is 1. The van der Waals surface area contributed by atoms with E-state index in [1.807, 2.05) is 18.2 Å². The molecule has 2 unspecified atom stereocenters. The number of benzene rings is 1. The average Bonchev–Trinajstić information content (AvgIpc) is 3.19. The van der Waals surface area contributed by atoms with Crippen molar-refractivity contribution >= 4 is 12.2 Å². The van der Waals surface area contributed by atoms with Crippen molar-refractivity contribution in [3.05, 3.63) is 35.5 Å². The molecule has 0 aliphatic carbocycles. The van der Waals surface area contributed by atoms with E-state index in [-0.39, 0.29) is 12.3 Å². The van der Waals surface area contributed by atoms with Gasteiger partial charge in [-0.25, -0.2) is 15.8 Å². The Morgan fingerprint density at radius 3 is 2.68 bits per heavy atom.